The molecule has 1 aliphatic carbocycles. The number of nitrogens with one attached hydrogen (secondary N) is 1. The first-order valence-electron chi connectivity index (χ1n) is 10.6. The third kappa shape index (κ3) is 3.40. The van der Waals surface area contributed by atoms with Gasteiger partial charge in [-0.1, -0.05) is 30.3 Å². The van der Waals surface area contributed by atoms with Crippen LogP contribution in [0.25, 0.3) is 11.4 Å². The Balaban J connectivity index is 1.45. The molecule has 1 spiro atoms. The first-order valence-corrected chi connectivity index (χ1v) is 10.6. The summed E-state index contributed by atoms with van der Waals surface area (Å²) in [4.78, 5) is 39.6. The number of benzene rings is 1. The van der Waals surface area contributed by atoms with Gasteiger partial charge in [-0.25, -0.2) is 9.97 Å². The van der Waals surface area contributed by atoms with E-state index in [1.54, 1.807) is 0 Å². The number of fused-ring (bicyclic) bond motifs is 2. The monoisotopic (exact) mass is 416 g/mol. The van der Waals surface area contributed by atoms with E-state index in [1.807, 2.05) is 41.4 Å². The van der Waals surface area contributed by atoms with Gasteiger partial charge in [0.2, 0.25) is 5.43 Å². The number of likely N-dealkylation sites (tertiary alicyclic amines) is 1. The molecule has 1 saturated heterocycles. The minimum Gasteiger partial charge on any atom is -0.491 e. The Kier molecular flexibility index (Phi) is 4.81. The number of hydrogen-bond acceptors (Lipinski definition) is 5. The van der Waals surface area contributed by atoms with Gasteiger partial charge in [0.15, 0.2) is 11.6 Å². The van der Waals surface area contributed by atoms with Crippen LogP contribution in [0.3, 0.4) is 0 Å². The van der Waals surface area contributed by atoms with Crippen molar-refractivity contribution >= 4 is 5.91 Å². The van der Waals surface area contributed by atoms with Crippen LogP contribution in [0.1, 0.15) is 41.0 Å². The van der Waals surface area contributed by atoms with Crippen LogP contribution in [0.4, 0.5) is 0 Å². The highest BCUT2D eigenvalue weighted by Gasteiger charge is 2.45. The van der Waals surface area contributed by atoms with E-state index in [0.717, 1.165) is 42.8 Å². The number of H-pyrrole nitrogens is 1. The highest BCUT2D eigenvalue weighted by atomic mass is 16.5. The Bertz CT molecular complexity index is 1190. The van der Waals surface area contributed by atoms with Crippen LogP contribution in [0.15, 0.2) is 53.6 Å². The van der Waals surface area contributed by atoms with Crippen LogP contribution in [0, 0.1) is 0 Å². The van der Waals surface area contributed by atoms with E-state index in [1.165, 1.54) is 24.9 Å². The maximum absolute atomic E-state index is 13.2. The summed E-state index contributed by atoms with van der Waals surface area (Å²) >= 11 is 0. The second-order valence-corrected chi connectivity index (χ2v) is 8.32. The van der Waals surface area contributed by atoms with Gasteiger partial charge in [-0.15, -0.1) is 0 Å². The number of ether oxygens (including phenoxy) is 1. The number of amides is 1. The molecule has 1 unspecified atom stereocenters. The highest BCUT2D eigenvalue weighted by Crippen LogP contribution is 2.44. The molecule has 1 aliphatic heterocycles. The van der Waals surface area contributed by atoms with Gasteiger partial charge in [-0.05, 0) is 31.2 Å². The zero-order valence-electron chi connectivity index (χ0n) is 17.4. The van der Waals surface area contributed by atoms with Crippen LogP contribution in [0.5, 0.6) is 5.75 Å². The molecular formula is C24H24N4O3. The predicted molar refractivity (Wildman–Crippen MR) is 116 cm³/mol. The summed E-state index contributed by atoms with van der Waals surface area (Å²) in [5, 5.41) is 0. The van der Waals surface area contributed by atoms with Crippen LogP contribution in [-0.2, 0) is 11.8 Å². The number of carbonyl (C=O) groups is 1. The van der Waals surface area contributed by atoms with Crippen LogP contribution >= 0.6 is 0 Å². The molecule has 1 aromatic carbocycles. The van der Waals surface area contributed by atoms with Gasteiger partial charge in [-0.3, -0.25) is 9.59 Å². The molecule has 158 valence electrons. The Labute approximate surface area is 180 Å². The standard InChI is InChI=1S/C24H24N4O3/c1-31-20-14-25-18(12-19(20)29)23(30)28-11-5-9-24(15-28)10-8-17-13-26-22(27-21(17)24)16-6-3-2-4-7-16/h2-4,6-7,12-14H,5,8-11,15H2,1H3,(H,25,29). The molecule has 5 rings (SSSR count). The molecule has 2 aliphatic rings. The molecule has 1 amide bonds. The van der Waals surface area contributed by atoms with Gasteiger partial charge < -0.3 is 14.6 Å². The summed E-state index contributed by atoms with van der Waals surface area (Å²) in [7, 11) is 1.43. The van der Waals surface area contributed by atoms with Crippen molar-refractivity contribution in [1.82, 2.24) is 19.9 Å². The number of aryl methyl sites for hydroxylation is 1. The summed E-state index contributed by atoms with van der Waals surface area (Å²) in [5.41, 5.74) is 3.06. The summed E-state index contributed by atoms with van der Waals surface area (Å²) < 4.78 is 5.01. The molecule has 7 nitrogen and oxygen atoms in total. The molecule has 2 aromatic heterocycles. The minimum absolute atomic E-state index is 0.162. The minimum atomic E-state index is -0.303. The molecule has 0 saturated carbocycles. The maximum Gasteiger partial charge on any atom is 0.270 e. The van der Waals surface area contributed by atoms with E-state index in [0.29, 0.717) is 13.1 Å². The van der Waals surface area contributed by atoms with Crippen molar-refractivity contribution in [1.29, 1.82) is 0 Å². The van der Waals surface area contributed by atoms with Crippen LogP contribution in [-0.4, -0.2) is 46.0 Å². The Morgan fingerprint density at radius 3 is 2.84 bits per heavy atom. The molecule has 3 heterocycles. The van der Waals surface area contributed by atoms with Crippen molar-refractivity contribution in [2.45, 2.75) is 31.1 Å². The third-order valence-corrected chi connectivity index (χ3v) is 6.46. The van der Waals surface area contributed by atoms with E-state index in [2.05, 4.69) is 9.97 Å². The lowest BCUT2D eigenvalue weighted by atomic mass is 9.77. The second-order valence-electron chi connectivity index (χ2n) is 8.32. The van der Waals surface area contributed by atoms with Crippen molar-refractivity contribution in [3.63, 3.8) is 0 Å². The largest absolute Gasteiger partial charge is 0.491 e. The number of piperidine rings is 1. The Hall–Kier alpha value is -3.48. The average molecular weight is 416 g/mol. The highest BCUT2D eigenvalue weighted by molar-refractivity contribution is 5.92. The average Bonchev–Trinajstić information content (AvgIpc) is 3.16. The number of aromatic nitrogens is 3. The first-order chi connectivity index (χ1) is 15.1. The van der Waals surface area contributed by atoms with Crippen LogP contribution < -0.4 is 10.2 Å². The van der Waals surface area contributed by atoms with Crippen molar-refractivity contribution in [3.05, 3.63) is 76.0 Å². The molecule has 7 heteroatoms. The van der Waals surface area contributed by atoms with Gasteiger partial charge >= 0.3 is 0 Å². The summed E-state index contributed by atoms with van der Waals surface area (Å²) in [6.07, 6.45) is 7.16. The van der Waals surface area contributed by atoms with Gasteiger partial charge in [0.25, 0.3) is 5.91 Å². The molecule has 3 aromatic rings. The number of hydrogen-bond donors (Lipinski definition) is 1. The Morgan fingerprint density at radius 2 is 2.06 bits per heavy atom. The van der Waals surface area contributed by atoms with Crippen molar-refractivity contribution in [2.24, 2.45) is 0 Å². The van der Waals surface area contributed by atoms with Gasteiger partial charge in [0.05, 0.1) is 12.8 Å². The topological polar surface area (TPSA) is 88.2 Å². The number of aromatic amines is 1. The fourth-order valence-electron chi connectivity index (χ4n) is 4.88. The van der Waals surface area contributed by atoms with Crippen molar-refractivity contribution in [2.75, 3.05) is 20.2 Å². The zero-order chi connectivity index (χ0) is 21.4. The molecular weight excluding hydrogens is 392 g/mol. The quantitative estimate of drug-likeness (QED) is 0.709. The van der Waals surface area contributed by atoms with Crippen molar-refractivity contribution in [3.8, 4) is 17.1 Å². The fraction of sp³-hybridized carbons (Fsp3) is 0.333. The van der Waals surface area contributed by atoms with Crippen molar-refractivity contribution < 1.29 is 9.53 Å². The van der Waals surface area contributed by atoms with E-state index in [4.69, 9.17) is 9.72 Å². The van der Waals surface area contributed by atoms with E-state index < -0.39 is 0 Å². The number of rotatable bonds is 3. The number of pyridine rings is 1. The summed E-state index contributed by atoms with van der Waals surface area (Å²) in [6, 6.07) is 11.3. The lowest BCUT2D eigenvalue weighted by Gasteiger charge is -2.40. The normalized spacial score (nSPS) is 20.0. The third-order valence-electron chi connectivity index (χ3n) is 6.46. The number of carbonyl (C=O) groups excluding carboxylic acids is 1. The van der Waals surface area contributed by atoms with Gasteiger partial charge in [-0.2, -0.15) is 0 Å². The van der Waals surface area contributed by atoms with Gasteiger partial charge in [0, 0.05) is 42.5 Å². The first kappa shape index (κ1) is 19.5. The maximum atomic E-state index is 13.2. The molecule has 31 heavy (non-hydrogen) atoms. The SMILES string of the molecule is COc1c[nH]c(C(=O)N2CCCC3(CCc4cnc(-c5ccccc5)nc43)C2)cc1=O. The Morgan fingerprint density at radius 1 is 1.23 bits per heavy atom. The van der Waals surface area contributed by atoms with E-state index in [-0.39, 0.29) is 28.2 Å². The number of nitrogens with zero attached hydrogens (tertiary/aromatic N) is 3. The molecule has 1 N–H and O–H groups in total. The van der Waals surface area contributed by atoms with Crippen LogP contribution in [0.2, 0.25) is 0 Å². The van der Waals surface area contributed by atoms with E-state index in [9.17, 15) is 9.59 Å². The van der Waals surface area contributed by atoms with E-state index >= 15 is 0 Å². The molecule has 1 atom stereocenters. The molecule has 1 fully saturated rings. The number of methoxy groups -OCH3 is 1. The zero-order valence-corrected chi connectivity index (χ0v) is 17.4. The second kappa shape index (κ2) is 7.65. The smallest absolute Gasteiger partial charge is 0.270 e. The predicted octanol–water partition coefficient (Wildman–Crippen LogP) is 2.96. The summed E-state index contributed by atoms with van der Waals surface area (Å²) in [6.45, 7) is 1.26. The molecule has 0 bridgehead atoms. The summed E-state index contributed by atoms with van der Waals surface area (Å²) in [5.74, 6) is 0.759. The fourth-order valence-corrected chi connectivity index (χ4v) is 4.88. The van der Waals surface area contributed by atoms with Gasteiger partial charge in [0.1, 0.15) is 5.69 Å². The molecule has 0 radical (unpaired) electrons. The lowest BCUT2D eigenvalue weighted by Crippen LogP contribution is -2.48. The lowest BCUT2D eigenvalue weighted by molar-refractivity contribution is 0.0627.